The van der Waals surface area contributed by atoms with Gasteiger partial charge < -0.3 is 10.4 Å². The number of aliphatic hydroxyl groups excluding tert-OH is 1. The van der Waals surface area contributed by atoms with Crippen molar-refractivity contribution in [2.24, 2.45) is 5.92 Å². The summed E-state index contributed by atoms with van der Waals surface area (Å²) in [6.07, 6.45) is 0. The lowest BCUT2D eigenvalue weighted by atomic mass is 10.2. The average molecular weight is 272 g/mol. The molecular formula is C12H20N2O3S. The van der Waals surface area contributed by atoms with E-state index in [1.54, 1.807) is 24.3 Å². The van der Waals surface area contributed by atoms with Crippen LogP contribution >= 0.6 is 0 Å². The maximum atomic E-state index is 12.1. The summed E-state index contributed by atoms with van der Waals surface area (Å²) in [5.41, 5.74) is 0.562. The number of hydrogen-bond acceptors (Lipinski definition) is 4. The second-order valence-corrected chi connectivity index (χ2v) is 6.57. The van der Waals surface area contributed by atoms with Crippen LogP contribution in [0.5, 0.6) is 0 Å². The molecule has 0 aliphatic heterocycles. The van der Waals surface area contributed by atoms with Crippen LogP contribution in [0.4, 0.5) is 5.69 Å². The Kier molecular flexibility index (Phi) is 5.13. The number of sulfonamides is 1. The van der Waals surface area contributed by atoms with Gasteiger partial charge in [0.25, 0.3) is 0 Å². The fourth-order valence-corrected chi connectivity index (χ4v) is 2.45. The lowest BCUT2D eigenvalue weighted by molar-refractivity contribution is 0.244. The van der Waals surface area contributed by atoms with Gasteiger partial charge in [-0.05, 0) is 18.1 Å². The van der Waals surface area contributed by atoms with Crippen molar-refractivity contribution in [1.82, 2.24) is 4.31 Å². The van der Waals surface area contributed by atoms with Gasteiger partial charge >= 0.3 is 0 Å². The van der Waals surface area contributed by atoms with E-state index in [2.05, 4.69) is 5.32 Å². The van der Waals surface area contributed by atoms with Crippen LogP contribution in [-0.2, 0) is 10.0 Å². The number of benzene rings is 1. The van der Waals surface area contributed by atoms with Crippen molar-refractivity contribution in [3.8, 4) is 0 Å². The molecule has 0 aliphatic carbocycles. The molecule has 0 aliphatic rings. The Hall–Kier alpha value is -1.11. The molecule has 0 saturated carbocycles. The highest BCUT2D eigenvalue weighted by Gasteiger charge is 2.20. The van der Waals surface area contributed by atoms with Crippen molar-refractivity contribution in [3.63, 3.8) is 0 Å². The van der Waals surface area contributed by atoms with E-state index in [9.17, 15) is 8.42 Å². The van der Waals surface area contributed by atoms with Crippen molar-refractivity contribution in [2.75, 3.05) is 32.6 Å². The average Bonchev–Trinajstić information content (AvgIpc) is 2.35. The Labute approximate surface area is 108 Å². The molecule has 5 nitrogen and oxygen atoms in total. The molecule has 0 radical (unpaired) electrons. The number of hydrogen-bond donors (Lipinski definition) is 2. The van der Waals surface area contributed by atoms with Crippen molar-refractivity contribution in [3.05, 3.63) is 24.3 Å². The SMILES string of the molecule is CC(CO)CNc1ccccc1S(=O)(=O)N(C)C. The van der Waals surface area contributed by atoms with Gasteiger partial charge in [-0.25, -0.2) is 12.7 Å². The minimum absolute atomic E-state index is 0.0651. The van der Waals surface area contributed by atoms with Crippen LogP contribution in [0.1, 0.15) is 6.92 Å². The van der Waals surface area contributed by atoms with Gasteiger partial charge in [0.05, 0.1) is 5.69 Å². The van der Waals surface area contributed by atoms with E-state index in [1.807, 2.05) is 6.92 Å². The molecule has 2 N–H and O–H groups in total. The summed E-state index contributed by atoms with van der Waals surface area (Å²) in [6, 6.07) is 6.76. The van der Waals surface area contributed by atoms with Gasteiger partial charge in [-0.15, -0.1) is 0 Å². The second kappa shape index (κ2) is 6.17. The van der Waals surface area contributed by atoms with Gasteiger partial charge in [0, 0.05) is 27.2 Å². The van der Waals surface area contributed by atoms with Crippen LogP contribution in [-0.4, -0.2) is 45.1 Å². The first-order chi connectivity index (χ1) is 8.39. The number of aliphatic hydroxyl groups is 1. The van der Waals surface area contributed by atoms with Gasteiger partial charge in [-0.2, -0.15) is 0 Å². The molecule has 0 aromatic heterocycles. The zero-order chi connectivity index (χ0) is 13.8. The maximum Gasteiger partial charge on any atom is 0.244 e. The first kappa shape index (κ1) is 14.9. The van der Waals surface area contributed by atoms with Crippen LogP contribution < -0.4 is 5.32 Å². The van der Waals surface area contributed by atoms with Gasteiger partial charge in [-0.1, -0.05) is 19.1 Å². The highest BCUT2D eigenvalue weighted by Crippen LogP contribution is 2.23. The number of nitrogens with one attached hydrogen (secondary N) is 1. The molecule has 1 aromatic carbocycles. The quantitative estimate of drug-likeness (QED) is 0.810. The lowest BCUT2D eigenvalue weighted by Crippen LogP contribution is -2.24. The monoisotopic (exact) mass is 272 g/mol. The molecule has 0 fully saturated rings. The van der Waals surface area contributed by atoms with Gasteiger partial charge in [0.2, 0.25) is 10.0 Å². The van der Waals surface area contributed by atoms with Crippen LogP contribution in [0.3, 0.4) is 0 Å². The molecule has 102 valence electrons. The molecule has 0 bridgehead atoms. The molecule has 1 atom stereocenters. The van der Waals surface area contributed by atoms with E-state index in [1.165, 1.54) is 18.4 Å². The summed E-state index contributed by atoms with van der Waals surface area (Å²) in [5, 5.41) is 12.0. The van der Waals surface area contributed by atoms with Crippen LogP contribution in [0.2, 0.25) is 0 Å². The Bertz CT molecular complexity index is 486. The first-order valence-corrected chi connectivity index (χ1v) is 7.20. The Morgan fingerprint density at radius 1 is 1.33 bits per heavy atom. The Morgan fingerprint density at radius 2 is 1.94 bits per heavy atom. The van der Waals surface area contributed by atoms with E-state index < -0.39 is 10.0 Å². The summed E-state index contributed by atoms with van der Waals surface area (Å²) in [7, 11) is -0.449. The van der Waals surface area contributed by atoms with Crippen LogP contribution in [0, 0.1) is 5.92 Å². The van der Waals surface area contributed by atoms with Gasteiger partial charge in [0.15, 0.2) is 0 Å². The third kappa shape index (κ3) is 3.44. The van der Waals surface area contributed by atoms with E-state index in [0.717, 1.165) is 0 Å². The zero-order valence-corrected chi connectivity index (χ0v) is 11.7. The van der Waals surface area contributed by atoms with Crippen molar-refractivity contribution < 1.29 is 13.5 Å². The molecule has 0 saturated heterocycles. The van der Waals surface area contributed by atoms with E-state index in [-0.39, 0.29) is 17.4 Å². The molecule has 1 unspecified atom stereocenters. The molecule has 6 heteroatoms. The predicted molar refractivity (Wildman–Crippen MR) is 72.1 cm³/mol. The highest BCUT2D eigenvalue weighted by atomic mass is 32.2. The molecule has 18 heavy (non-hydrogen) atoms. The second-order valence-electron chi connectivity index (χ2n) is 4.45. The molecule has 1 aromatic rings. The minimum Gasteiger partial charge on any atom is -0.396 e. The molecule has 0 spiro atoms. The smallest absolute Gasteiger partial charge is 0.244 e. The number of para-hydroxylation sites is 1. The maximum absolute atomic E-state index is 12.1. The summed E-state index contributed by atoms with van der Waals surface area (Å²) in [6.45, 7) is 2.47. The summed E-state index contributed by atoms with van der Waals surface area (Å²) in [5.74, 6) is 0.0696. The molecular weight excluding hydrogens is 252 g/mol. The van der Waals surface area contributed by atoms with Crippen molar-refractivity contribution in [2.45, 2.75) is 11.8 Å². The lowest BCUT2D eigenvalue weighted by Gasteiger charge is -2.17. The van der Waals surface area contributed by atoms with Crippen LogP contribution in [0.25, 0.3) is 0 Å². The van der Waals surface area contributed by atoms with Gasteiger partial charge in [0.1, 0.15) is 4.90 Å². The zero-order valence-electron chi connectivity index (χ0n) is 10.9. The van der Waals surface area contributed by atoms with Gasteiger partial charge in [-0.3, -0.25) is 0 Å². The Balaban J connectivity index is 3.01. The Morgan fingerprint density at radius 3 is 2.50 bits per heavy atom. The summed E-state index contributed by atoms with van der Waals surface area (Å²) >= 11 is 0. The molecule has 0 heterocycles. The number of anilines is 1. The van der Waals surface area contributed by atoms with Crippen molar-refractivity contribution >= 4 is 15.7 Å². The minimum atomic E-state index is -3.45. The first-order valence-electron chi connectivity index (χ1n) is 5.76. The number of nitrogens with zero attached hydrogens (tertiary/aromatic N) is 1. The van der Waals surface area contributed by atoms with Crippen molar-refractivity contribution in [1.29, 1.82) is 0 Å². The summed E-state index contributed by atoms with van der Waals surface area (Å²) < 4.78 is 25.4. The third-order valence-corrected chi connectivity index (χ3v) is 4.47. The fraction of sp³-hybridized carbons (Fsp3) is 0.500. The number of rotatable bonds is 6. The van der Waals surface area contributed by atoms with E-state index >= 15 is 0 Å². The third-order valence-electron chi connectivity index (χ3n) is 2.60. The van der Waals surface area contributed by atoms with E-state index in [4.69, 9.17) is 5.11 Å². The largest absolute Gasteiger partial charge is 0.396 e. The standard InChI is InChI=1S/C12H20N2O3S/c1-10(9-15)8-13-11-6-4-5-7-12(11)18(16,17)14(2)3/h4-7,10,13,15H,8-9H2,1-3H3. The normalized spacial score (nSPS) is 13.6. The molecule has 0 amide bonds. The van der Waals surface area contributed by atoms with E-state index in [0.29, 0.717) is 12.2 Å². The molecule has 1 rings (SSSR count). The topological polar surface area (TPSA) is 69.6 Å². The predicted octanol–water partition coefficient (Wildman–Crippen LogP) is 0.977. The summed E-state index contributed by atoms with van der Waals surface area (Å²) in [4.78, 5) is 0.250. The van der Waals surface area contributed by atoms with Crippen LogP contribution in [0.15, 0.2) is 29.2 Å². The highest BCUT2D eigenvalue weighted by molar-refractivity contribution is 7.89. The fourth-order valence-electron chi connectivity index (χ4n) is 1.38.